The molecule has 2 aliphatic carbocycles. The van der Waals surface area contributed by atoms with Gasteiger partial charge in [0.15, 0.2) is 0 Å². The molecule has 2 fully saturated rings. The van der Waals surface area contributed by atoms with Gasteiger partial charge in [0, 0.05) is 0 Å². The van der Waals surface area contributed by atoms with Crippen LogP contribution in [0.15, 0.2) is 42.5 Å². The molecule has 150 valence electrons. The fraction of sp³-hybridized carbons (Fsp3) is 0.538. The minimum Gasteiger partial charge on any atom is -0.392 e. The summed E-state index contributed by atoms with van der Waals surface area (Å²) < 4.78 is 0. The summed E-state index contributed by atoms with van der Waals surface area (Å²) in [6, 6.07) is 15.6. The van der Waals surface area contributed by atoms with E-state index in [0.29, 0.717) is 0 Å². The van der Waals surface area contributed by atoms with Crippen LogP contribution in [0.3, 0.4) is 0 Å². The van der Waals surface area contributed by atoms with Crippen LogP contribution >= 0.6 is 7.92 Å². The van der Waals surface area contributed by atoms with E-state index < -0.39 is 0 Å². The van der Waals surface area contributed by atoms with Gasteiger partial charge in [0.1, 0.15) is 0 Å². The molecule has 0 saturated heterocycles. The van der Waals surface area contributed by atoms with Gasteiger partial charge in [0.05, 0.1) is 6.61 Å². The molecule has 0 unspecified atom stereocenters. The number of aliphatic hydroxyl groups excluding tert-OH is 1. The predicted octanol–water partition coefficient (Wildman–Crippen LogP) is 6.93. The Morgan fingerprint density at radius 1 is 0.786 bits per heavy atom. The topological polar surface area (TPSA) is 20.2 Å². The number of aliphatic hydroxyl groups is 1. The van der Waals surface area contributed by atoms with Crippen LogP contribution in [-0.4, -0.2) is 16.4 Å². The highest BCUT2D eigenvalue weighted by molar-refractivity contribution is 7.67. The van der Waals surface area contributed by atoms with Crippen molar-refractivity contribution in [2.75, 3.05) is 0 Å². The van der Waals surface area contributed by atoms with Crippen LogP contribution in [0.4, 0.5) is 0 Å². The van der Waals surface area contributed by atoms with Crippen molar-refractivity contribution in [1.29, 1.82) is 0 Å². The maximum atomic E-state index is 10.0. The summed E-state index contributed by atoms with van der Waals surface area (Å²) in [6.45, 7) is 2.32. The fourth-order valence-electron chi connectivity index (χ4n) is 5.57. The molecule has 2 aromatic rings. The average Bonchev–Trinajstić information content (AvgIpc) is 2.76. The lowest BCUT2D eigenvalue weighted by atomic mass is 9.95. The summed E-state index contributed by atoms with van der Waals surface area (Å²) in [4.78, 5) is 0. The van der Waals surface area contributed by atoms with Gasteiger partial charge in [-0.3, -0.25) is 0 Å². The molecule has 2 heteroatoms. The van der Waals surface area contributed by atoms with Crippen molar-refractivity contribution in [3.63, 3.8) is 0 Å². The molecule has 1 N–H and O–H groups in total. The smallest absolute Gasteiger partial charge is 0.0687 e. The number of hydrogen-bond acceptors (Lipinski definition) is 1. The average molecular weight is 395 g/mol. The Morgan fingerprint density at radius 3 is 2.00 bits per heavy atom. The van der Waals surface area contributed by atoms with Gasteiger partial charge in [-0.05, 0) is 71.5 Å². The van der Waals surface area contributed by atoms with E-state index in [0.717, 1.165) is 16.9 Å². The molecule has 0 radical (unpaired) electrons. The van der Waals surface area contributed by atoms with Crippen LogP contribution in [0.25, 0.3) is 11.1 Å². The van der Waals surface area contributed by atoms with Crippen LogP contribution in [0.1, 0.15) is 75.3 Å². The first-order chi connectivity index (χ1) is 13.8. The Bertz CT molecular complexity index is 754. The van der Waals surface area contributed by atoms with Gasteiger partial charge < -0.3 is 5.11 Å². The molecule has 0 spiro atoms. The van der Waals surface area contributed by atoms with Gasteiger partial charge in [-0.2, -0.15) is 0 Å². The second kappa shape index (κ2) is 9.55. The Morgan fingerprint density at radius 2 is 1.39 bits per heavy atom. The summed E-state index contributed by atoms with van der Waals surface area (Å²) in [7, 11) is -0.148. The summed E-state index contributed by atoms with van der Waals surface area (Å²) in [5.41, 5.74) is 6.87. The molecule has 4 rings (SSSR count). The fourth-order valence-corrected chi connectivity index (χ4v) is 9.51. The summed E-state index contributed by atoms with van der Waals surface area (Å²) in [5.74, 6) is 0. The Balaban J connectivity index is 1.81. The van der Waals surface area contributed by atoms with E-state index in [9.17, 15) is 5.11 Å². The molecule has 2 saturated carbocycles. The molecule has 1 nitrogen and oxygen atoms in total. The minimum absolute atomic E-state index is 0.121. The first kappa shape index (κ1) is 20.1. The van der Waals surface area contributed by atoms with Crippen LogP contribution in [-0.2, 0) is 6.61 Å². The third kappa shape index (κ3) is 4.22. The molecule has 0 aromatic heterocycles. The van der Waals surface area contributed by atoms with E-state index in [-0.39, 0.29) is 14.5 Å². The zero-order valence-electron chi connectivity index (χ0n) is 17.4. The standard InChI is InChI=1S/C26H35OP/c1-20-11-10-12-21(19-27)26(20)24-17-8-9-18-25(24)28(22-13-4-2-5-14-22)23-15-6-3-7-16-23/h8-12,17-18,22-23,27H,2-7,13-16,19H2,1H3. The molecule has 28 heavy (non-hydrogen) atoms. The first-order valence-corrected chi connectivity index (χ1v) is 12.8. The number of rotatable bonds is 5. The van der Waals surface area contributed by atoms with E-state index in [4.69, 9.17) is 0 Å². The zero-order chi connectivity index (χ0) is 19.3. The zero-order valence-corrected chi connectivity index (χ0v) is 18.3. The second-order valence-electron chi connectivity index (χ2n) is 8.78. The largest absolute Gasteiger partial charge is 0.392 e. The van der Waals surface area contributed by atoms with Crippen molar-refractivity contribution >= 4 is 13.2 Å². The Hall–Kier alpha value is -1.17. The second-order valence-corrected chi connectivity index (χ2v) is 11.5. The van der Waals surface area contributed by atoms with Gasteiger partial charge >= 0.3 is 0 Å². The monoisotopic (exact) mass is 394 g/mol. The van der Waals surface area contributed by atoms with Crippen LogP contribution < -0.4 is 5.30 Å². The molecule has 0 aliphatic heterocycles. The first-order valence-electron chi connectivity index (χ1n) is 11.4. The minimum atomic E-state index is -0.148. The van der Waals surface area contributed by atoms with Crippen LogP contribution in [0.5, 0.6) is 0 Å². The van der Waals surface area contributed by atoms with Crippen LogP contribution in [0, 0.1) is 6.92 Å². The highest BCUT2D eigenvalue weighted by Crippen LogP contribution is 2.56. The summed E-state index contributed by atoms with van der Waals surface area (Å²) in [6.07, 6.45) is 14.3. The maximum Gasteiger partial charge on any atom is 0.0687 e. The molecule has 0 heterocycles. The van der Waals surface area contributed by atoms with Gasteiger partial charge in [-0.25, -0.2) is 0 Å². The molecular formula is C26H35OP. The van der Waals surface area contributed by atoms with Crippen molar-refractivity contribution in [1.82, 2.24) is 0 Å². The lowest BCUT2D eigenvalue weighted by molar-refractivity contribution is 0.282. The number of hydrogen-bond donors (Lipinski definition) is 1. The summed E-state index contributed by atoms with van der Waals surface area (Å²) >= 11 is 0. The quantitative estimate of drug-likeness (QED) is 0.545. The molecule has 0 atom stereocenters. The van der Waals surface area contributed by atoms with Crippen molar-refractivity contribution in [2.24, 2.45) is 0 Å². The van der Waals surface area contributed by atoms with Crippen molar-refractivity contribution in [2.45, 2.75) is 89.1 Å². The Labute approximate surface area is 172 Å². The predicted molar refractivity (Wildman–Crippen MR) is 123 cm³/mol. The Kier molecular flexibility index (Phi) is 6.86. The third-order valence-electron chi connectivity index (χ3n) is 6.92. The van der Waals surface area contributed by atoms with E-state index in [1.807, 2.05) is 0 Å². The van der Waals surface area contributed by atoms with Gasteiger partial charge in [-0.15, -0.1) is 0 Å². The molecular weight excluding hydrogens is 359 g/mol. The normalized spacial score (nSPS) is 19.2. The van der Waals surface area contributed by atoms with Gasteiger partial charge in [0.25, 0.3) is 0 Å². The van der Waals surface area contributed by atoms with E-state index in [2.05, 4.69) is 49.4 Å². The van der Waals surface area contributed by atoms with E-state index >= 15 is 0 Å². The van der Waals surface area contributed by atoms with Crippen LogP contribution in [0.2, 0.25) is 0 Å². The lowest BCUT2D eigenvalue weighted by Gasteiger charge is -2.40. The molecule has 2 aromatic carbocycles. The van der Waals surface area contributed by atoms with Crippen molar-refractivity contribution in [3.05, 3.63) is 53.6 Å². The van der Waals surface area contributed by atoms with Gasteiger partial charge in [-0.1, -0.05) is 88.9 Å². The van der Waals surface area contributed by atoms with E-state index in [1.54, 1.807) is 5.30 Å². The van der Waals surface area contributed by atoms with Crippen molar-refractivity contribution < 1.29 is 5.11 Å². The summed E-state index contributed by atoms with van der Waals surface area (Å²) in [5, 5.41) is 11.7. The van der Waals surface area contributed by atoms with Crippen molar-refractivity contribution in [3.8, 4) is 11.1 Å². The number of benzene rings is 2. The van der Waals surface area contributed by atoms with Gasteiger partial charge in [0.2, 0.25) is 0 Å². The highest BCUT2D eigenvalue weighted by atomic mass is 31.1. The SMILES string of the molecule is Cc1cccc(CO)c1-c1ccccc1P(C1CCCCC1)C1CCCCC1. The molecule has 0 amide bonds. The molecule has 0 bridgehead atoms. The maximum absolute atomic E-state index is 10.0. The third-order valence-corrected chi connectivity index (χ3v) is 10.5. The number of aryl methyl sites for hydroxylation is 1. The highest BCUT2D eigenvalue weighted by Gasteiger charge is 2.33. The lowest BCUT2D eigenvalue weighted by Crippen LogP contribution is -2.27. The van der Waals surface area contributed by atoms with E-state index in [1.165, 1.54) is 80.9 Å². The molecule has 2 aliphatic rings.